The summed E-state index contributed by atoms with van der Waals surface area (Å²) in [6.07, 6.45) is 3.44. The van der Waals surface area contributed by atoms with Gasteiger partial charge in [0, 0.05) is 31.9 Å². The number of hydrogen-bond donors (Lipinski definition) is 2. The molecule has 0 radical (unpaired) electrons. The van der Waals surface area contributed by atoms with Crippen molar-refractivity contribution in [3.05, 3.63) is 46.4 Å². The fraction of sp³-hybridized carbons (Fsp3) is 0.519. The minimum Gasteiger partial charge on any atom is -0.370 e. The average molecular weight is 531 g/mol. The molecule has 2 N–H and O–H groups in total. The standard InChI is InChI=1S/C27H35FN4O4S/c1-18(2)15-31(16-19-5-3-6-19)23(14-29-27(35)24-7-4-12-37-24)26(34)30-22-9-8-20(13-21(22)28)32-10-11-36-17-25(32)33/h4,7-9,12-13,18-19,23H,3,5-6,10-11,14-17H2,1-2H3,(H,29,35)(H,30,34)/t23-/m0/s1. The zero-order valence-corrected chi connectivity index (χ0v) is 22.2. The van der Waals surface area contributed by atoms with Crippen LogP contribution >= 0.6 is 11.3 Å². The molecule has 1 aliphatic carbocycles. The Kier molecular flexibility index (Phi) is 9.28. The van der Waals surface area contributed by atoms with E-state index in [9.17, 15) is 14.4 Å². The number of anilines is 2. The van der Waals surface area contributed by atoms with Gasteiger partial charge in [-0.3, -0.25) is 19.3 Å². The van der Waals surface area contributed by atoms with Crippen LogP contribution in [0.5, 0.6) is 0 Å². The number of ether oxygens (including phenoxy) is 1. The minimum atomic E-state index is -0.660. The first kappa shape index (κ1) is 27.2. The SMILES string of the molecule is CC(C)CN(CC1CCC1)[C@@H](CNC(=O)c1cccs1)C(=O)Nc1ccc(N2CCOCC2=O)cc1F. The number of halogens is 1. The van der Waals surface area contributed by atoms with Crippen LogP contribution in [0.25, 0.3) is 0 Å². The van der Waals surface area contributed by atoms with E-state index in [-0.39, 0.29) is 36.6 Å². The van der Waals surface area contributed by atoms with Crippen LogP contribution in [0.4, 0.5) is 15.8 Å². The summed E-state index contributed by atoms with van der Waals surface area (Å²) in [6.45, 7) is 6.45. The van der Waals surface area contributed by atoms with Crippen molar-refractivity contribution in [1.29, 1.82) is 0 Å². The number of amides is 3. The molecule has 2 fully saturated rings. The lowest BCUT2D eigenvalue weighted by molar-refractivity contribution is -0.125. The van der Waals surface area contributed by atoms with Gasteiger partial charge in [0.15, 0.2) is 0 Å². The van der Waals surface area contributed by atoms with Gasteiger partial charge in [-0.05, 0) is 54.3 Å². The molecule has 37 heavy (non-hydrogen) atoms. The number of benzene rings is 1. The van der Waals surface area contributed by atoms with Crippen molar-refractivity contribution in [3.63, 3.8) is 0 Å². The molecule has 2 heterocycles. The third-order valence-corrected chi connectivity index (χ3v) is 7.64. The Morgan fingerprint density at radius 2 is 2.08 bits per heavy atom. The van der Waals surface area contributed by atoms with Crippen molar-refractivity contribution in [1.82, 2.24) is 10.2 Å². The highest BCUT2D eigenvalue weighted by Crippen LogP contribution is 2.29. The summed E-state index contributed by atoms with van der Waals surface area (Å²) >= 11 is 1.34. The van der Waals surface area contributed by atoms with Gasteiger partial charge in [-0.15, -0.1) is 11.3 Å². The van der Waals surface area contributed by atoms with E-state index in [0.29, 0.717) is 42.1 Å². The maximum atomic E-state index is 15.1. The van der Waals surface area contributed by atoms with Crippen LogP contribution in [-0.4, -0.2) is 68.1 Å². The summed E-state index contributed by atoms with van der Waals surface area (Å²) in [6, 6.07) is 7.24. The second-order valence-corrected chi connectivity index (χ2v) is 11.0. The largest absolute Gasteiger partial charge is 0.370 e. The smallest absolute Gasteiger partial charge is 0.261 e. The molecule has 1 aromatic heterocycles. The Morgan fingerprint density at radius 3 is 2.70 bits per heavy atom. The maximum Gasteiger partial charge on any atom is 0.261 e. The van der Waals surface area contributed by atoms with Gasteiger partial charge in [-0.1, -0.05) is 26.3 Å². The molecule has 3 amide bonds. The van der Waals surface area contributed by atoms with Gasteiger partial charge in [0.05, 0.1) is 17.2 Å². The molecule has 1 aliphatic heterocycles. The van der Waals surface area contributed by atoms with Crippen LogP contribution in [0.3, 0.4) is 0 Å². The van der Waals surface area contributed by atoms with Gasteiger partial charge in [-0.2, -0.15) is 0 Å². The van der Waals surface area contributed by atoms with E-state index in [1.165, 1.54) is 34.8 Å². The van der Waals surface area contributed by atoms with E-state index < -0.39 is 11.9 Å². The first-order valence-electron chi connectivity index (χ1n) is 12.9. The second kappa shape index (κ2) is 12.6. The van der Waals surface area contributed by atoms with Crippen molar-refractivity contribution in [3.8, 4) is 0 Å². The lowest BCUT2D eigenvalue weighted by Crippen LogP contribution is -2.53. The summed E-state index contributed by atoms with van der Waals surface area (Å²) < 4.78 is 20.2. The normalized spacial score (nSPS) is 17.1. The summed E-state index contributed by atoms with van der Waals surface area (Å²) in [7, 11) is 0. The molecule has 4 rings (SSSR count). The monoisotopic (exact) mass is 530 g/mol. The van der Waals surface area contributed by atoms with Gasteiger partial charge in [0.2, 0.25) is 5.91 Å². The van der Waals surface area contributed by atoms with Gasteiger partial charge in [-0.25, -0.2) is 4.39 Å². The average Bonchev–Trinajstić information content (AvgIpc) is 3.37. The van der Waals surface area contributed by atoms with Crippen molar-refractivity contribution in [2.45, 2.75) is 39.2 Å². The Balaban J connectivity index is 1.51. The number of thiophene rings is 1. The van der Waals surface area contributed by atoms with Gasteiger partial charge < -0.3 is 20.3 Å². The number of rotatable bonds is 11. The van der Waals surface area contributed by atoms with Gasteiger partial charge in [0.1, 0.15) is 18.5 Å². The van der Waals surface area contributed by atoms with Crippen molar-refractivity contribution in [2.75, 3.05) is 49.6 Å². The Bertz CT molecular complexity index is 1090. The van der Waals surface area contributed by atoms with Crippen LogP contribution in [0.15, 0.2) is 35.7 Å². The quantitative estimate of drug-likeness (QED) is 0.462. The van der Waals surface area contributed by atoms with E-state index in [4.69, 9.17) is 4.74 Å². The molecule has 2 aliphatic rings. The van der Waals surface area contributed by atoms with Crippen LogP contribution in [0, 0.1) is 17.7 Å². The highest BCUT2D eigenvalue weighted by Gasteiger charge is 2.31. The first-order chi connectivity index (χ1) is 17.8. The van der Waals surface area contributed by atoms with E-state index in [0.717, 1.165) is 19.4 Å². The number of morpholine rings is 1. The third-order valence-electron chi connectivity index (χ3n) is 6.77. The van der Waals surface area contributed by atoms with Crippen LogP contribution in [0.2, 0.25) is 0 Å². The molecule has 8 nitrogen and oxygen atoms in total. The fourth-order valence-electron chi connectivity index (χ4n) is 4.66. The van der Waals surface area contributed by atoms with Crippen LogP contribution < -0.4 is 15.5 Å². The van der Waals surface area contributed by atoms with Crippen molar-refractivity contribution >= 4 is 40.4 Å². The summed E-state index contributed by atoms with van der Waals surface area (Å²) in [5.41, 5.74) is 0.465. The number of carbonyl (C=O) groups is 3. The topological polar surface area (TPSA) is 91.0 Å². The van der Waals surface area contributed by atoms with Gasteiger partial charge in [0.25, 0.3) is 11.8 Å². The zero-order valence-electron chi connectivity index (χ0n) is 21.4. The molecule has 1 atom stereocenters. The highest BCUT2D eigenvalue weighted by molar-refractivity contribution is 7.12. The number of hydrogen-bond acceptors (Lipinski definition) is 6. The van der Waals surface area contributed by atoms with E-state index in [1.807, 2.05) is 11.4 Å². The molecule has 0 unspecified atom stereocenters. The predicted molar refractivity (Wildman–Crippen MR) is 142 cm³/mol. The van der Waals surface area contributed by atoms with E-state index in [1.54, 1.807) is 12.1 Å². The first-order valence-corrected chi connectivity index (χ1v) is 13.7. The number of nitrogens with one attached hydrogen (secondary N) is 2. The molecular formula is C27H35FN4O4S. The predicted octanol–water partition coefficient (Wildman–Crippen LogP) is 3.75. The second-order valence-electron chi connectivity index (χ2n) is 10.1. The molecule has 200 valence electrons. The number of nitrogens with zero attached hydrogens (tertiary/aromatic N) is 2. The molecule has 1 saturated heterocycles. The fourth-order valence-corrected chi connectivity index (χ4v) is 5.30. The number of carbonyl (C=O) groups excluding carboxylic acids is 3. The zero-order chi connectivity index (χ0) is 26.4. The molecule has 1 saturated carbocycles. The van der Waals surface area contributed by atoms with Gasteiger partial charge >= 0.3 is 0 Å². The lowest BCUT2D eigenvalue weighted by atomic mass is 9.84. The molecular weight excluding hydrogens is 495 g/mol. The van der Waals surface area contributed by atoms with Crippen molar-refractivity contribution in [2.24, 2.45) is 11.8 Å². The van der Waals surface area contributed by atoms with E-state index in [2.05, 4.69) is 29.4 Å². The molecule has 2 aromatic rings. The Labute approximate surface area is 221 Å². The Hall–Kier alpha value is -2.82. The summed E-state index contributed by atoms with van der Waals surface area (Å²) in [5.74, 6) is -0.632. The highest BCUT2D eigenvalue weighted by atomic mass is 32.1. The summed E-state index contributed by atoms with van der Waals surface area (Å²) in [4.78, 5) is 42.5. The van der Waals surface area contributed by atoms with Crippen LogP contribution in [0.1, 0.15) is 42.8 Å². The third kappa shape index (κ3) is 7.15. The minimum absolute atomic E-state index is 0.0361. The molecule has 0 spiro atoms. The van der Waals surface area contributed by atoms with Crippen LogP contribution in [-0.2, 0) is 14.3 Å². The summed E-state index contributed by atoms with van der Waals surface area (Å²) in [5, 5.41) is 7.48. The molecule has 10 heteroatoms. The Morgan fingerprint density at radius 1 is 1.27 bits per heavy atom. The van der Waals surface area contributed by atoms with E-state index >= 15 is 4.39 Å². The molecule has 0 bridgehead atoms. The molecule has 1 aromatic carbocycles. The maximum absolute atomic E-state index is 15.1. The lowest BCUT2D eigenvalue weighted by Gasteiger charge is -2.37. The van der Waals surface area contributed by atoms with Crippen molar-refractivity contribution < 1.29 is 23.5 Å².